The lowest BCUT2D eigenvalue weighted by Crippen LogP contribution is -2.12. The van der Waals surface area contributed by atoms with Crippen LogP contribution in [0.3, 0.4) is 0 Å². The molecule has 1 unspecified atom stereocenters. The zero-order chi connectivity index (χ0) is 11.4. The van der Waals surface area contributed by atoms with E-state index < -0.39 is 0 Å². The Morgan fingerprint density at radius 3 is 3.00 bits per heavy atom. The van der Waals surface area contributed by atoms with Crippen molar-refractivity contribution in [3.8, 4) is 0 Å². The summed E-state index contributed by atoms with van der Waals surface area (Å²) < 4.78 is 6.11. The second kappa shape index (κ2) is 5.39. The minimum atomic E-state index is -0.361. The molecule has 2 rings (SSSR count). The van der Waals surface area contributed by atoms with E-state index in [1.54, 1.807) is 18.4 Å². The second-order valence-electron chi connectivity index (χ2n) is 3.71. The number of para-hydroxylation sites is 1. The standard InChI is InChI=1S/C12H15NO2S/c1-15-7-6-9(14)8-12-13-10-4-2-3-5-11(10)16-12/h2-5,9,14H,6-8H2,1H3. The quantitative estimate of drug-likeness (QED) is 0.867. The number of fused-ring (bicyclic) bond motifs is 1. The maximum Gasteiger partial charge on any atom is 0.0964 e. The summed E-state index contributed by atoms with van der Waals surface area (Å²) in [7, 11) is 1.64. The Hall–Kier alpha value is -0.970. The highest BCUT2D eigenvalue weighted by molar-refractivity contribution is 7.18. The molecule has 0 aliphatic carbocycles. The van der Waals surface area contributed by atoms with Gasteiger partial charge in [0, 0.05) is 20.1 Å². The van der Waals surface area contributed by atoms with E-state index >= 15 is 0 Å². The predicted octanol–water partition coefficient (Wildman–Crippen LogP) is 2.24. The normalized spacial score (nSPS) is 13.1. The molecule has 16 heavy (non-hydrogen) atoms. The molecule has 0 saturated carbocycles. The molecule has 4 heteroatoms. The summed E-state index contributed by atoms with van der Waals surface area (Å²) in [5, 5.41) is 10.7. The van der Waals surface area contributed by atoms with Gasteiger partial charge in [0.2, 0.25) is 0 Å². The molecule has 1 N–H and O–H groups in total. The van der Waals surface area contributed by atoms with E-state index in [4.69, 9.17) is 4.74 Å². The van der Waals surface area contributed by atoms with Crippen LogP contribution in [0.4, 0.5) is 0 Å². The highest BCUT2D eigenvalue weighted by Crippen LogP contribution is 2.22. The number of rotatable bonds is 5. The van der Waals surface area contributed by atoms with Crippen LogP contribution in [0.1, 0.15) is 11.4 Å². The largest absolute Gasteiger partial charge is 0.393 e. The lowest BCUT2D eigenvalue weighted by Gasteiger charge is -2.06. The Morgan fingerprint density at radius 2 is 2.25 bits per heavy atom. The van der Waals surface area contributed by atoms with Crippen molar-refractivity contribution in [1.82, 2.24) is 4.98 Å². The molecule has 86 valence electrons. The third-order valence-corrected chi connectivity index (χ3v) is 3.46. The number of aromatic nitrogens is 1. The van der Waals surface area contributed by atoms with Crippen LogP contribution in [0.25, 0.3) is 10.2 Å². The first-order valence-corrected chi connectivity index (χ1v) is 6.12. The minimum absolute atomic E-state index is 0.361. The maximum atomic E-state index is 9.75. The molecule has 0 bridgehead atoms. The van der Waals surface area contributed by atoms with Gasteiger partial charge in [0.15, 0.2) is 0 Å². The van der Waals surface area contributed by atoms with Crippen LogP contribution in [-0.4, -0.2) is 29.9 Å². The van der Waals surface area contributed by atoms with Crippen LogP contribution in [0.15, 0.2) is 24.3 Å². The SMILES string of the molecule is COCCC(O)Cc1nc2ccccc2s1. The number of thiazole rings is 1. The van der Waals surface area contributed by atoms with Crippen molar-refractivity contribution in [2.24, 2.45) is 0 Å². The number of ether oxygens (including phenoxy) is 1. The van der Waals surface area contributed by atoms with Crippen molar-refractivity contribution in [3.05, 3.63) is 29.3 Å². The molecular weight excluding hydrogens is 222 g/mol. The summed E-state index contributed by atoms with van der Waals surface area (Å²) in [5.74, 6) is 0. The Balaban J connectivity index is 2.03. The Bertz CT molecular complexity index is 422. The van der Waals surface area contributed by atoms with E-state index in [2.05, 4.69) is 11.1 Å². The molecule has 1 heterocycles. The van der Waals surface area contributed by atoms with Crippen molar-refractivity contribution in [2.45, 2.75) is 18.9 Å². The van der Waals surface area contributed by atoms with Crippen molar-refractivity contribution in [3.63, 3.8) is 0 Å². The van der Waals surface area contributed by atoms with Gasteiger partial charge in [0.1, 0.15) is 0 Å². The van der Waals surface area contributed by atoms with Crippen LogP contribution in [-0.2, 0) is 11.2 Å². The summed E-state index contributed by atoms with van der Waals surface area (Å²) in [5.41, 5.74) is 1.02. The summed E-state index contributed by atoms with van der Waals surface area (Å²) in [6.45, 7) is 0.589. The smallest absolute Gasteiger partial charge is 0.0964 e. The highest BCUT2D eigenvalue weighted by atomic mass is 32.1. The van der Waals surface area contributed by atoms with Gasteiger partial charge in [0.25, 0.3) is 0 Å². The van der Waals surface area contributed by atoms with Gasteiger partial charge in [-0.05, 0) is 18.6 Å². The molecule has 0 saturated heterocycles. The molecular formula is C12H15NO2S. The fourth-order valence-electron chi connectivity index (χ4n) is 1.56. The monoisotopic (exact) mass is 237 g/mol. The summed E-state index contributed by atoms with van der Waals surface area (Å²) in [6, 6.07) is 8.04. The molecule has 0 radical (unpaired) electrons. The number of aliphatic hydroxyl groups excluding tert-OH is 1. The van der Waals surface area contributed by atoms with Gasteiger partial charge in [-0.15, -0.1) is 11.3 Å². The number of aliphatic hydroxyl groups is 1. The van der Waals surface area contributed by atoms with E-state index in [9.17, 15) is 5.11 Å². The maximum absolute atomic E-state index is 9.75. The zero-order valence-electron chi connectivity index (χ0n) is 9.22. The topological polar surface area (TPSA) is 42.4 Å². The molecule has 1 atom stereocenters. The molecule has 3 nitrogen and oxygen atoms in total. The van der Waals surface area contributed by atoms with Crippen molar-refractivity contribution in [2.75, 3.05) is 13.7 Å². The van der Waals surface area contributed by atoms with Crippen LogP contribution < -0.4 is 0 Å². The highest BCUT2D eigenvalue weighted by Gasteiger charge is 2.09. The molecule has 1 aromatic heterocycles. The summed E-state index contributed by atoms with van der Waals surface area (Å²) >= 11 is 1.65. The first-order chi connectivity index (χ1) is 7.79. The van der Waals surface area contributed by atoms with E-state index in [1.807, 2.05) is 18.2 Å². The van der Waals surface area contributed by atoms with E-state index in [1.165, 1.54) is 4.70 Å². The lowest BCUT2D eigenvalue weighted by atomic mass is 10.2. The Morgan fingerprint density at radius 1 is 1.44 bits per heavy atom. The number of hydrogen-bond acceptors (Lipinski definition) is 4. The molecule has 0 spiro atoms. The third kappa shape index (κ3) is 2.78. The lowest BCUT2D eigenvalue weighted by molar-refractivity contribution is 0.110. The summed E-state index contributed by atoms with van der Waals surface area (Å²) in [4.78, 5) is 4.48. The van der Waals surface area contributed by atoms with Gasteiger partial charge in [-0.2, -0.15) is 0 Å². The van der Waals surface area contributed by atoms with E-state index in [-0.39, 0.29) is 6.10 Å². The van der Waals surface area contributed by atoms with E-state index in [0.717, 1.165) is 10.5 Å². The molecule has 1 aromatic carbocycles. The zero-order valence-corrected chi connectivity index (χ0v) is 10.0. The van der Waals surface area contributed by atoms with Gasteiger partial charge >= 0.3 is 0 Å². The van der Waals surface area contributed by atoms with Crippen LogP contribution in [0.2, 0.25) is 0 Å². The fraction of sp³-hybridized carbons (Fsp3) is 0.417. The Labute approximate surface area is 98.7 Å². The predicted molar refractivity (Wildman–Crippen MR) is 65.8 cm³/mol. The summed E-state index contributed by atoms with van der Waals surface area (Å²) in [6.07, 6.45) is 0.912. The average Bonchev–Trinajstić information content (AvgIpc) is 2.68. The first kappa shape index (κ1) is 11.5. The number of nitrogens with zero attached hydrogens (tertiary/aromatic N) is 1. The minimum Gasteiger partial charge on any atom is -0.393 e. The second-order valence-corrected chi connectivity index (χ2v) is 4.83. The molecule has 0 aliphatic heterocycles. The Kier molecular flexibility index (Phi) is 3.88. The molecule has 0 aliphatic rings. The van der Waals surface area contributed by atoms with Crippen molar-refractivity contribution < 1.29 is 9.84 Å². The molecule has 0 fully saturated rings. The van der Waals surface area contributed by atoms with Crippen LogP contribution >= 0.6 is 11.3 Å². The van der Waals surface area contributed by atoms with Gasteiger partial charge in [-0.1, -0.05) is 12.1 Å². The van der Waals surface area contributed by atoms with Gasteiger partial charge in [-0.25, -0.2) is 4.98 Å². The number of methoxy groups -OCH3 is 1. The van der Waals surface area contributed by atoms with Crippen molar-refractivity contribution in [1.29, 1.82) is 0 Å². The van der Waals surface area contributed by atoms with Gasteiger partial charge in [0.05, 0.1) is 21.3 Å². The van der Waals surface area contributed by atoms with Crippen LogP contribution in [0, 0.1) is 0 Å². The number of benzene rings is 1. The van der Waals surface area contributed by atoms with Gasteiger partial charge in [-0.3, -0.25) is 0 Å². The van der Waals surface area contributed by atoms with Crippen molar-refractivity contribution >= 4 is 21.6 Å². The molecule has 0 amide bonds. The van der Waals surface area contributed by atoms with Gasteiger partial charge < -0.3 is 9.84 Å². The van der Waals surface area contributed by atoms with Crippen LogP contribution in [0.5, 0.6) is 0 Å². The average molecular weight is 237 g/mol. The first-order valence-electron chi connectivity index (χ1n) is 5.31. The fourth-order valence-corrected chi connectivity index (χ4v) is 2.60. The molecule has 2 aromatic rings. The number of hydrogen-bond donors (Lipinski definition) is 1. The third-order valence-electron chi connectivity index (χ3n) is 2.40. The van der Waals surface area contributed by atoms with E-state index in [0.29, 0.717) is 19.4 Å².